The fourth-order valence-electron chi connectivity index (χ4n) is 3.37. The van der Waals surface area contributed by atoms with Crippen molar-refractivity contribution < 1.29 is 16.1 Å². The molecule has 0 radical (unpaired) electrons. The van der Waals surface area contributed by atoms with Gasteiger partial charge in [-0.2, -0.15) is 0 Å². The number of aromatic amines is 1. The summed E-state index contributed by atoms with van der Waals surface area (Å²) in [6.07, 6.45) is 2.07. The van der Waals surface area contributed by atoms with Gasteiger partial charge < -0.3 is 14.8 Å². The van der Waals surface area contributed by atoms with E-state index in [-0.39, 0.29) is 6.42 Å². The van der Waals surface area contributed by atoms with Gasteiger partial charge in [-0.25, -0.2) is 0 Å². The number of nitrogens with one attached hydrogen (secondary N) is 1. The predicted molar refractivity (Wildman–Crippen MR) is 81.6 cm³/mol. The molecule has 2 aromatic rings. The zero-order valence-electron chi connectivity index (χ0n) is 14.4. The summed E-state index contributed by atoms with van der Waals surface area (Å²) >= 11 is 0. The lowest BCUT2D eigenvalue weighted by molar-refractivity contribution is -0.148. The summed E-state index contributed by atoms with van der Waals surface area (Å²) in [5, 5.41) is 5.18. The Morgan fingerprint density at radius 1 is 1.57 bits per heavy atom. The number of rotatable bonds is 4. The molecule has 2 heterocycles. The molecule has 4 heteroatoms. The second-order valence-corrected chi connectivity index (χ2v) is 5.60. The van der Waals surface area contributed by atoms with Crippen LogP contribution >= 0.6 is 0 Å². The largest absolute Gasteiger partial charge is 0.481 e. The number of aryl methyl sites for hydroxylation is 1. The number of benzene rings is 1. The third kappa shape index (κ3) is 2.14. The van der Waals surface area contributed by atoms with Gasteiger partial charge in [0.15, 0.2) is 1.41 Å². The lowest BCUT2D eigenvalue weighted by Gasteiger charge is -2.35. The van der Waals surface area contributed by atoms with Crippen LogP contribution in [0.5, 0.6) is 0 Å². The van der Waals surface area contributed by atoms with Crippen LogP contribution in [0.25, 0.3) is 12.3 Å². The highest BCUT2D eigenvalue weighted by Gasteiger charge is 2.40. The molecule has 0 spiro atoms. The Morgan fingerprint density at radius 3 is 3.14 bits per heavy atom. The van der Waals surface area contributed by atoms with Gasteiger partial charge in [0.25, 0.3) is 1.43 Å². The molecule has 0 bridgehead atoms. The first-order valence-electron chi connectivity index (χ1n) is 8.38. The van der Waals surface area contributed by atoms with Crippen molar-refractivity contribution in [3.8, 4) is 0 Å². The highest BCUT2D eigenvalue weighted by molar-refractivity contribution is 5.88. The van der Waals surface area contributed by atoms with Gasteiger partial charge in [0.1, 0.15) is 5.60 Å². The number of H-pyrrole nitrogens is 1. The Balaban J connectivity index is 2.27. The van der Waals surface area contributed by atoms with Gasteiger partial charge in [-0.3, -0.25) is 4.79 Å². The third-order valence-corrected chi connectivity index (χ3v) is 4.50. The minimum Gasteiger partial charge on any atom is -0.481 e. The number of ether oxygens (including phenoxy) is 1. The Morgan fingerprint density at radius 2 is 2.43 bits per heavy atom. The maximum atomic E-state index is 11.7. The molecular formula is C17H21NO3. The van der Waals surface area contributed by atoms with Gasteiger partial charge in [-0.1, -0.05) is 32.0 Å². The van der Waals surface area contributed by atoms with E-state index >= 15 is 0 Å². The smallest absolute Gasteiger partial charge is 0.306 e. The van der Waals surface area contributed by atoms with Crippen LogP contribution in [0.1, 0.15) is 43.5 Å². The van der Waals surface area contributed by atoms with Crippen molar-refractivity contribution in [3.05, 3.63) is 35.0 Å². The number of aromatic nitrogens is 1. The Bertz CT molecular complexity index is 756. The average molecular weight is 289 g/mol. The standard InChI is InChI=1S/C17H21NO3/c1-3-11-6-5-7-12-13-8-9-21-17(4-2,10-14(19)20)16(13)18-15(11)12/h5-7,18H,3-4,8-10H2,1-2H3,(H,19,20)/t17-/m1/s1/i/hD2. The number of carboxylic acids is 1. The minimum atomic E-state index is -0.891. The van der Waals surface area contributed by atoms with E-state index in [0.717, 1.165) is 40.6 Å². The topological polar surface area (TPSA) is 62.3 Å². The van der Waals surface area contributed by atoms with Crippen molar-refractivity contribution >= 4 is 16.9 Å². The molecule has 0 amide bonds. The third-order valence-electron chi connectivity index (χ3n) is 4.50. The van der Waals surface area contributed by atoms with Crippen molar-refractivity contribution in [1.29, 1.82) is 1.43 Å². The van der Waals surface area contributed by atoms with Crippen LogP contribution in [-0.2, 0) is 28.0 Å². The van der Waals surface area contributed by atoms with Crippen LogP contribution in [0, 0.1) is 0 Å². The summed E-state index contributed by atoms with van der Waals surface area (Å²) in [6.45, 7) is 4.51. The van der Waals surface area contributed by atoms with Crippen molar-refractivity contribution in [3.63, 3.8) is 0 Å². The molecule has 21 heavy (non-hydrogen) atoms. The first-order valence-corrected chi connectivity index (χ1v) is 7.52. The maximum Gasteiger partial charge on any atom is 0.306 e. The number of hydrogen-bond acceptors (Lipinski definition) is 3. The summed E-state index contributed by atoms with van der Waals surface area (Å²) < 4.78 is 21.5. The molecule has 1 aliphatic heterocycles. The van der Waals surface area contributed by atoms with Crippen LogP contribution in [0.2, 0.25) is 1.41 Å². The van der Waals surface area contributed by atoms with Crippen LogP contribution in [0.4, 0.5) is 0 Å². The average Bonchev–Trinajstić information content (AvgIpc) is 2.89. The molecule has 3 rings (SSSR count). The fourth-order valence-corrected chi connectivity index (χ4v) is 3.37. The molecular weight excluding hydrogens is 266 g/mol. The molecule has 0 saturated heterocycles. The Kier molecular flexibility index (Phi) is 2.92. The quantitative estimate of drug-likeness (QED) is 0.907. The zero-order valence-corrected chi connectivity index (χ0v) is 12.4. The minimum absolute atomic E-state index is 0.0450. The van der Waals surface area contributed by atoms with E-state index in [0.29, 0.717) is 13.0 Å². The number of para-hydroxylation sites is 1. The molecule has 0 fully saturated rings. The van der Waals surface area contributed by atoms with Crippen molar-refractivity contribution in [2.45, 2.75) is 45.1 Å². The highest BCUT2D eigenvalue weighted by Crippen LogP contribution is 2.42. The lowest BCUT2D eigenvalue weighted by atomic mass is 9.86. The molecule has 1 aliphatic rings. The normalized spacial score (nSPS) is 22.6. The van der Waals surface area contributed by atoms with Gasteiger partial charge in [0.2, 0.25) is 0 Å². The van der Waals surface area contributed by atoms with E-state index in [1.54, 1.807) is 0 Å². The Labute approximate surface area is 127 Å². The number of aliphatic carboxylic acids is 1. The summed E-state index contributed by atoms with van der Waals surface area (Å²) in [5.74, 6) is -0.638. The number of hydrogen-bond donors (Lipinski definition) is 2. The van der Waals surface area contributed by atoms with Crippen molar-refractivity contribution in [2.75, 3.05) is 6.61 Å². The summed E-state index contributed by atoms with van der Waals surface area (Å²) in [6, 6.07) is 6.08. The van der Waals surface area contributed by atoms with E-state index in [9.17, 15) is 4.79 Å². The molecule has 1 atom stereocenters. The molecule has 1 aromatic carbocycles. The number of carbonyl (C=O) groups is 1. The van der Waals surface area contributed by atoms with Crippen molar-refractivity contribution in [2.24, 2.45) is 0 Å². The van der Waals surface area contributed by atoms with E-state index in [2.05, 4.69) is 12.0 Å². The van der Waals surface area contributed by atoms with E-state index in [4.69, 9.17) is 7.58 Å². The second kappa shape index (κ2) is 5.19. The van der Waals surface area contributed by atoms with Crippen LogP contribution in [-0.4, -0.2) is 22.7 Å². The van der Waals surface area contributed by atoms with Gasteiger partial charge in [0.05, 0.1) is 18.7 Å². The Hall–Kier alpha value is -1.81. The highest BCUT2D eigenvalue weighted by atomic mass is 16.5. The van der Waals surface area contributed by atoms with Crippen molar-refractivity contribution in [1.82, 2.24) is 4.98 Å². The first-order chi connectivity index (χ1) is 11.1. The fraction of sp³-hybridized carbons (Fsp3) is 0.471. The second-order valence-electron chi connectivity index (χ2n) is 5.60. The van der Waals surface area contributed by atoms with Crippen LogP contribution in [0.3, 0.4) is 0 Å². The van der Waals surface area contributed by atoms with E-state index in [1.807, 2.05) is 25.1 Å². The molecule has 4 nitrogen and oxygen atoms in total. The molecule has 1 aromatic heterocycles. The van der Waals surface area contributed by atoms with E-state index in [1.165, 1.54) is 4.98 Å². The van der Waals surface area contributed by atoms with Gasteiger partial charge in [-0.05, 0) is 30.4 Å². The lowest BCUT2D eigenvalue weighted by Crippen LogP contribution is -2.37. The summed E-state index contributed by atoms with van der Waals surface area (Å²) in [4.78, 5) is 13.2. The van der Waals surface area contributed by atoms with E-state index < -0.39 is 11.6 Å². The predicted octanol–water partition coefficient (Wildman–Crippen LogP) is 3.38. The summed E-state index contributed by atoms with van der Waals surface area (Å²) in [7, 11) is 0. The molecule has 2 N–H and O–H groups in total. The van der Waals surface area contributed by atoms with Gasteiger partial charge in [0, 0.05) is 10.9 Å². The monoisotopic (exact) mass is 289 g/mol. The first kappa shape index (κ1) is 11.8. The van der Waals surface area contributed by atoms with Crippen LogP contribution < -0.4 is 0 Å². The molecule has 0 unspecified atom stereocenters. The van der Waals surface area contributed by atoms with Gasteiger partial charge >= 0.3 is 5.97 Å². The molecule has 112 valence electrons. The van der Waals surface area contributed by atoms with Gasteiger partial charge in [-0.15, -0.1) is 0 Å². The SMILES string of the molecule is [2H]OC(=O)C[C@@]1(CC)OCCc2c1n([2H])c1c(CC)cccc21. The molecule has 0 aliphatic carbocycles. The molecule has 0 saturated carbocycles. The maximum absolute atomic E-state index is 11.7. The summed E-state index contributed by atoms with van der Waals surface area (Å²) in [5.41, 5.74) is 2.92. The van der Waals surface area contributed by atoms with Crippen LogP contribution in [0.15, 0.2) is 18.2 Å². The number of fused-ring (bicyclic) bond motifs is 3. The number of carboxylic acid groups (broad SMARTS) is 1. The zero-order chi connectivity index (χ0) is 16.6.